The van der Waals surface area contributed by atoms with E-state index in [1.165, 1.54) is 9.71 Å². The minimum absolute atomic E-state index is 0.296. The monoisotopic (exact) mass is 266 g/mol. The maximum Gasteiger partial charge on any atom is 0.236 e. The molecule has 5 heteroatoms. The number of rotatable bonds is 4. The van der Waals surface area contributed by atoms with E-state index in [1.54, 1.807) is 6.08 Å². The minimum atomic E-state index is -3.30. The zero-order chi connectivity index (χ0) is 13.0. The molecule has 0 radical (unpaired) electrons. The zero-order valence-corrected chi connectivity index (χ0v) is 11.0. The minimum Gasteiger partial charge on any atom is -0.330 e. The van der Waals surface area contributed by atoms with Crippen LogP contribution in [0.25, 0.3) is 6.08 Å². The van der Waals surface area contributed by atoms with Gasteiger partial charge in [0.15, 0.2) is 0 Å². The van der Waals surface area contributed by atoms with Crippen molar-refractivity contribution in [1.29, 1.82) is 0 Å². The molecular formula is C13H18N2O2S. The topological polar surface area (TPSA) is 63.4 Å². The molecular weight excluding hydrogens is 248 g/mol. The molecule has 1 unspecified atom stereocenters. The Morgan fingerprint density at radius 2 is 2.06 bits per heavy atom. The molecule has 1 aromatic rings. The van der Waals surface area contributed by atoms with E-state index in [0.29, 0.717) is 25.6 Å². The second-order valence-electron chi connectivity index (χ2n) is 4.51. The van der Waals surface area contributed by atoms with E-state index >= 15 is 0 Å². The van der Waals surface area contributed by atoms with Gasteiger partial charge in [0, 0.05) is 18.5 Å². The van der Waals surface area contributed by atoms with Crippen molar-refractivity contribution in [3.05, 3.63) is 41.3 Å². The van der Waals surface area contributed by atoms with Crippen molar-refractivity contribution in [3.63, 3.8) is 0 Å². The number of nitrogens with zero attached hydrogens (tertiary/aromatic N) is 1. The van der Waals surface area contributed by atoms with Crippen LogP contribution in [0.1, 0.15) is 12.0 Å². The van der Waals surface area contributed by atoms with Gasteiger partial charge in [-0.05, 0) is 30.5 Å². The van der Waals surface area contributed by atoms with Crippen LogP contribution in [-0.4, -0.2) is 32.4 Å². The van der Waals surface area contributed by atoms with Gasteiger partial charge in [-0.2, -0.15) is 4.31 Å². The van der Waals surface area contributed by atoms with E-state index in [0.717, 1.165) is 12.0 Å². The Balaban J connectivity index is 2.06. The highest BCUT2D eigenvalue weighted by Crippen LogP contribution is 2.19. The van der Waals surface area contributed by atoms with Crippen molar-refractivity contribution in [2.24, 2.45) is 11.7 Å². The number of nitrogens with two attached hydrogens (primary N) is 1. The van der Waals surface area contributed by atoms with Crippen molar-refractivity contribution in [3.8, 4) is 0 Å². The summed E-state index contributed by atoms with van der Waals surface area (Å²) in [5, 5.41) is 1.28. The van der Waals surface area contributed by atoms with Crippen LogP contribution in [0.2, 0.25) is 0 Å². The normalized spacial score (nSPS) is 21.7. The predicted octanol–water partition coefficient (Wildman–Crippen LogP) is 1.27. The molecule has 2 N–H and O–H groups in total. The third-order valence-electron chi connectivity index (χ3n) is 3.17. The Labute approximate surface area is 108 Å². The Morgan fingerprint density at radius 1 is 1.33 bits per heavy atom. The first-order valence-corrected chi connectivity index (χ1v) is 7.55. The molecule has 1 atom stereocenters. The van der Waals surface area contributed by atoms with Gasteiger partial charge in [-0.1, -0.05) is 30.3 Å². The fraction of sp³-hybridized carbons (Fsp3) is 0.385. The van der Waals surface area contributed by atoms with Gasteiger partial charge in [-0.3, -0.25) is 0 Å². The average molecular weight is 266 g/mol. The van der Waals surface area contributed by atoms with Crippen molar-refractivity contribution in [2.75, 3.05) is 19.6 Å². The maximum atomic E-state index is 12.1. The number of hydrogen-bond donors (Lipinski definition) is 1. The fourth-order valence-corrected chi connectivity index (χ4v) is 3.32. The van der Waals surface area contributed by atoms with Crippen LogP contribution >= 0.6 is 0 Å². The largest absolute Gasteiger partial charge is 0.330 e. The molecule has 0 aliphatic carbocycles. The lowest BCUT2D eigenvalue weighted by Crippen LogP contribution is -2.28. The van der Waals surface area contributed by atoms with Crippen molar-refractivity contribution in [2.45, 2.75) is 6.42 Å². The van der Waals surface area contributed by atoms with Gasteiger partial charge < -0.3 is 5.73 Å². The first-order chi connectivity index (χ1) is 8.62. The Kier molecular flexibility index (Phi) is 4.16. The molecule has 1 fully saturated rings. The molecule has 0 aromatic heterocycles. The molecule has 1 aliphatic heterocycles. The molecule has 1 aliphatic rings. The summed E-state index contributed by atoms with van der Waals surface area (Å²) in [5.41, 5.74) is 6.45. The average Bonchev–Trinajstić information content (AvgIpc) is 2.87. The summed E-state index contributed by atoms with van der Waals surface area (Å²) >= 11 is 0. The number of sulfonamides is 1. The van der Waals surface area contributed by atoms with Crippen LogP contribution in [0.15, 0.2) is 35.7 Å². The third kappa shape index (κ3) is 3.19. The lowest BCUT2D eigenvalue weighted by molar-refractivity contribution is 0.466. The second-order valence-corrected chi connectivity index (χ2v) is 6.33. The van der Waals surface area contributed by atoms with Gasteiger partial charge >= 0.3 is 0 Å². The Hall–Kier alpha value is -1.17. The van der Waals surface area contributed by atoms with E-state index in [1.807, 2.05) is 30.3 Å². The standard InChI is InChI=1S/C13H18N2O2S/c14-10-13-6-8-15(11-13)18(16,17)9-7-12-4-2-1-3-5-12/h1-5,7,9,13H,6,8,10-11,14H2. The van der Waals surface area contributed by atoms with Gasteiger partial charge in [-0.25, -0.2) is 8.42 Å². The molecule has 1 saturated heterocycles. The smallest absolute Gasteiger partial charge is 0.236 e. The van der Waals surface area contributed by atoms with Crippen LogP contribution < -0.4 is 5.73 Å². The van der Waals surface area contributed by atoms with Crippen LogP contribution in [0.3, 0.4) is 0 Å². The summed E-state index contributed by atoms with van der Waals surface area (Å²) in [6.45, 7) is 1.66. The van der Waals surface area contributed by atoms with E-state index < -0.39 is 10.0 Å². The van der Waals surface area contributed by atoms with Crippen LogP contribution in [0, 0.1) is 5.92 Å². The molecule has 2 rings (SSSR count). The van der Waals surface area contributed by atoms with E-state index in [4.69, 9.17) is 5.73 Å². The highest BCUT2D eigenvalue weighted by Gasteiger charge is 2.28. The Morgan fingerprint density at radius 3 is 2.67 bits per heavy atom. The van der Waals surface area contributed by atoms with Gasteiger partial charge in [0.1, 0.15) is 0 Å². The van der Waals surface area contributed by atoms with Crippen LogP contribution in [0.5, 0.6) is 0 Å². The van der Waals surface area contributed by atoms with Crippen molar-refractivity contribution >= 4 is 16.1 Å². The third-order valence-corrected chi connectivity index (χ3v) is 4.71. The molecule has 0 bridgehead atoms. The molecule has 4 nitrogen and oxygen atoms in total. The molecule has 1 aromatic carbocycles. The summed E-state index contributed by atoms with van der Waals surface area (Å²) in [6.07, 6.45) is 2.49. The zero-order valence-electron chi connectivity index (χ0n) is 10.2. The number of hydrogen-bond acceptors (Lipinski definition) is 3. The summed E-state index contributed by atoms with van der Waals surface area (Å²) in [6, 6.07) is 9.41. The van der Waals surface area contributed by atoms with Crippen molar-refractivity contribution < 1.29 is 8.42 Å². The summed E-state index contributed by atoms with van der Waals surface area (Å²) < 4.78 is 25.6. The predicted molar refractivity (Wildman–Crippen MR) is 73.1 cm³/mol. The van der Waals surface area contributed by atoms with Crippen molar-refractivity contribution in [1.82, 2.24) is 4.31 Å². The summed E-state index contributed by atoms with van der Waals surface area (Å²) in [7, 11) is -3.30. The highest BCUT2D eigenvalue weighted by molar-refractivity contribution is 7.92. The number of benzene rings is 1. The molecule has 0 amide bonds. The van der Waals surface area contributed by atoms with Crippen LogP contribution in [-0.2, 0) is 10.0 Å². The van der Waals surface area contributed by atoms with Gasteiger partial charge in [0.2, 0.25) is 10.0 Å². The van der Waals surface area contributed by atoms with E-state index in [2.05, 4.69) is 0 Å². The molecule has 0 spiro atoms. The maximum absolute atomic E-state index is 12.1. The van der Waals surface area contributed by atoms with E-state index in [9.17, 15) is 8.42 Å². The molecule has 0 saturated carbocycles. The molecule has 1 heterocycles. The first kappa shape index (κ1) is 13.3. The first-order valence-electron chi connectivity index (χ1n) is 6.05. The molecule has 18 heavy (non-hydrogen) atoms. The lowest BCUT2D eigenvalue weighted by Gasteiger charge is -2.13. The van der Waals surface area contributed by atoms with Gasteiger partial charge in [-0.15, -0.1) is 0 Å². The summed E-state index contributed by atoms with van der Waals surface area (Å²) in [5.74, 6) is 0.296. The Bertz CT molecular complexity index is 511. The van der Waals surface area contributed by atoms with Crippen LogP contribution in [0.4, 0.5) is 0 Å². The van der Waals surface area contributed by atoms with Gasteiger partial charge in [0.05, 0.1) is 0 Å². The van der Waals surface area contributed by atoms with E-state index in [-0.39, 0.29) is 0 Å². The highest BCUT2D eigenvalue weighted by atomic mass is 32.2. The molecule has 98 valence electrons. The SMILES string of the molecule is NCC1CCN(S(=O)(=O)C=Cc2ccccc2)C1. The quantitative estimate of drug-likeness (QED) is 0.892. The second kappa shape index (κ2) is 5.65. The summed E-state index contributed by atoms with van der Waals surface area (Å²) in [4.78, 5) is 0. The fourth-order valence-electron chi connectivity index (χ4n) is 2.04. The lowest BCUT2D eigenvalue weighted by atomic mass is 10.1. The van der Waals surface area contributed by atoms with Gasteiger partial charge in [0.25, 0.3) is 0 Å².